The molecule has 6 nitrogen and oxygen atoms in total. The first-order valence-corrected chi connectivity index (χ1v) is 8.66. The molecule has 6 heteroatoms. The van der Waals surface area contributed by atoms with Crippen LogP contribution in [0.15, 0.2) is 47.3 Å². The number of carbonyl (C=O) groups excluding carboxylic acids is 1. The molecule has 0 aliphatic carbocycles. The fraction of sp³-hybridized carbons (Fsp3) is 0.316. The molecule has 4 rings (SSSR count). The normalized spacial score (nSPS) is 14.1. The Kier molecular flexibility index (Phi) is 4.09. The van der Waals surface area contributed by atoms with Gasteiger partial charge in [-0.1, -0.05) is 36.8 Å². The van der Waals surface area contributed by atoms with Crippen molar-refractivity contribution in [2.24, 2.45) is 0 Å². The van der Waals surface area contributed by atoms with Crippen LogP contribution in [-0.4, -0.2) is 20.3 Å². The van der Waals surface area contributed by atoms with Crippen LogP contribution in [0, 0.1) is 0 Å². The van der Waals surface area contributed by atoms with E-state index in [-0.39, 0.29) is 18.1 Å². The highest BCUT2D eigenvalue weighted by atomic mass is 16.2. The van der Waals surface area contributed by atoms with Gasteiger partial charge in [0.2, 0.25) is 5.91 Å². The van der Waals surface area contributed by atoms with Crippen LogP contribution < -0.4 is 11.0 Å². The summed E-state index contributed by atoms with van der Waals surface area (Å²) in [5.41, 5.74) is 0.531. The molecule has 2 heterocycles. The van der Waals surface area contributed by atoms with Crippen LogP contribution in [0.3, 0.4) is 0 Å². The Labute approximate surface area is 145 Å². The minimum Gasteiger partial charge on any atom is -0.324 e. The molecule has 0 saturated carbocycles. The summed E-state index contributed by atoms with van der Waals surface area (Å²) in [5, 5.41) is 9.38. The van der Waals surface area contributed by atoms with Crippen molar-refractivity contribution in [1.29, 1.82) is 0 Å². The Bertz CT molecular complexity index is 986. The van der Waals surface area contributed by atoms with Crippen molar-refractivity contribution in [2.45, 2.75) is 38.8 Å². The van der Waals surface area contributed by atoms with Crippen LogP contribution in [0.25, 0.3) is 10.8 Å². The molecular formula is C19H20N4O2. The molecule has 0 spiro atoms. The Hall–Kier alpha value is -2.89. The third-order valence-corrected chi connectivity index (χ3v) is 4.61. The van der Waals surface area contributed by atoms with E-state index in [9.17, 15) is 9.59 Å². The van der Waals surface area contributed by atoms with Gasteiger partial charge < -0.3 is 5.32 Å². The van der Waals surface area contributed by atoms with E-state index >= 15 is 0 Å². The maximum Gasteiger partial charge on any atom is 0.346 e. The van der Waals surface area contributed by atoms with Crippen molar-refractivity contribution in [3.8, 4) is 0 Å². The number of rotatable bonds is 3. The number of benzene rings is 2. The third kappa shape index (κ3) is 3.20. The average molecular weight is 336 g/mol. The minimum atomic E-state index is -0.245. The summed E-state index contributed by atoms with van der Waals surface area (Å²) < 4.78 is 2.98. The van der Waals surface area contributed by atoms with Gasteiger partial charge in [0.15, 0.2) is 0 Å². The predicted molar refractivity (Wildman–Crippen MR) is 96.6 cm³/mol. The molecule has 1 amide bonds. The van der Waals surface area contributed by atoms with Crippen LogP contribution in [0.1, 0.15) is 25.1 Å². The molecular weight excluding hydrogens is 316 g/mol. The van der Waals surface area contributed by atoms with Crippen molar-refractivity contribution in [3.05, 3.63) is 58.8 Å². The summed E-state index contributed by atoms with van der Waals surface area (Å²) in [6.45, 7) is 0.631. The lowest BCUT2D eigenvalue weighted by molar-refractivity contribution is -0.117. The number of aromatic nitrogens is 3. The van der Waals surface area contributed by atoms with Crippen molar-refractivity contribution in [1.82, 2.24) is 14.3 Å². The molecule has 1 aliphatic rings. The number of hydrogen-bond donors (Lipinski definition) is 1. The molecule has 3 aromatic rings. The van der Waals surface area contributed by atoms with E-state index in [1.165, 1.54) is 4.68 Å². The molecule has 0 radical (unpaired) electrons. The summed E-state index contributed by atoms with van der Waals surface area (Å²) in [6, 6.07) is 13.7. The van der Waals surface area contributed by atoms with Crippen molar-refractivity contribution < 1.29 is 4.79 Å². The quantitative estimate of drug-likeness (QED) is 0.799. The van der Waals surface area contributed by atoms with Gasteiger partial charge in [-0.05, 0) is 35.7 Å². The summed E-state index contributed by atoms with van der Waals surface area (Å²) in [6.07, 6.45) is 3.95. The van der Waals surface area contributed by atoms with Crippen molar-refractivity contribution >= 4 is 22.4 Å². The molecule has 0 saturated heterocycles. The summed E-state index contributed by atoms with van der Waals surface area (Å²) in [4.78, 5) is 24.7. The van der Waals surface area contributed by atoms with Gasteiger partial charge in [0.05, 0.1) is 0 Å². The fourth-order valence-electron chi connectivity index (χ4n) is 3.33. The number of hydrogen-bond acceptors (Lipinski definition) is 3. The lowest BCUT2D eigenvalue weighted by Crippen LogP contribution is -2.30. The number of carbonyl (C=O) groups is 1. The van der Waals surface area contributed by atoms with E-state index in [0.29, 0.717) is 6.54 Å². The highest BCUT2D eigenvalue weighted by Gasteiger charge is 2.17. The smallest absolute Gasteiger partial charge is 0.324 e. The number of nitrogens with one attached hydrogen (secondary N) is 1. The number of nitrogens with zero attached hydrogens (tertiary/aromatic N) is 3. The highest BCUT2D eigenvalue weighted by molar-refractivity contribution is 5.94. The van der Waals surface area contributed by atoms with Gasteiger partial charge >= 0.3 is 5.69 Å². The van der Waals surface area contributed by atoms with Gasteiger partial charge in [0, 0.05) is 18.7 Å². The van der Waals surface area contributed by atoms with E-state index in [1.807, 2.05) is 42.5 Å². The van der Waals surface area contributed by atoms with Gasteiger partial charge in [-0.25, -0.2) is 9.48 Å². The van der Waals surface area contributed by atoms with Gasteiger partial charge in [-0.15, -0.1) is 0 Å². The molecule has 0 fully saturated rings. The second kappa shape index (κ2) is 6.55. The summed E-state index contributed by atoms with van der Waals surface area (Å²) in [5.74, 6) is 0.548. The van der Waals surface area contributed by atoms with Crippen LogP contribution in [0.2, 0.25) is 0 Å². The highest BCUT2D eigenvalue weighted by Crippen LogP contribution is 2.18. The van der Waals surface area contributed by atoms with E-state index < -0.39 is 0 Å². The number of fused-ring (bicyclic) bond motifs is 2. The van der Waals surface area contributed by atoms with Crippen LogP contribution in [0.5, 0.6) is 0 Å². The zero-order chi connectivity index (χ0) is 17.2. The van der Waals surface area contributed by atoms with Gasteiger partial charge in [0.1, 0.15) is 12.4 Å². The maximum absolute atomic E-state index is 12.4. The van der Waals surface area contributed by atoms with E-state index in [1.54, 1.807) is 4.57 Å². The van der Waals surface area contributed by atoms with E-state index in [0.717, 1.165) is 48.0 Å². The average Bonchev–Trinajstić information content (AvgIpc) is 2.78. The Morgan fingerprint density at radius 3 is 2.80 bits per heavy atom. The van der Waals surface area contributed by atoms with Gasteiger partial charge in [-0.3, -0.25) is 9.36 Å². The third-order valence-electron chi connectivity index (χ3n) is 4.61. The molecule has 1 aliphatic heterocycles. The molecule has 1 N–H and O–H groups in total. The van der Waals surface area contributed by atoms with Crippen molar-refractivity contribution in [2.75, 3.05) is 5.32 Å². The molecule has 0 atom stereocenters. The zero-order valence-electron chi connectivity index (χ0n) is 13.9. The largest absolute Gasteiger partial charge is 0.346 e. The second-order valence-electron chi connectivity index (χ2n) is 6.43. The van der Waals surface area contributed by atoms with Gasteiger partial charge in [0.25, 0.3) is 0 Å². The lowest BCUT2D eigenvalue weighted by Gasteiger charge is -2.06. The molecule has 25 heavy (non-hydrogen) atoms. The van der Waals surface area contributed by atoms with Gasteiger partial charge in [-0.2, -0.15) is 5.10 Å². The zero-order valence-corrected chi connectivity index (χ0v) is 13.9. The maximum atomic E-state index is 12.4. The summed E-state index contributed by atoms with van der Waals surface area (Å²) >= 11 is 0. The SMILES string of the molecule is O=C(Cn1nc2n(c1=O)CCCCC2)Nc1ccc2ccccc2c1. The molecule has 1 aromatic heterocycles. The topological polar surface area (TPSA) is 68.9 Å². The monoisotopic (exact) mass is 336 g/mol. The first kappa shape index (κ1) is 15.6. The molecule has 0 bridgehead atoms. The Morgan fingerprint density at radius 1 is 1.08 bits per heavy atom. The first-order valence-electron chi connectivity index (χ1n) is 8.66. The van der Waals surface area contributed by atoms with E-state index in [2.05, 4.69) is 10.4 Å². The number of aryl methyl sites for hydroxylation is 1. The van der Waals surface area contributed by atoms with Crippen molar-refractivity contribution in [3.63, 3.8) is 0 Å². The van der Waals surface area contributed by atoms with Crippen LogP contribution in [0.4, 0.5) is 5.69 Å². The molecule has 0 unspecified atom stereocenters. The Balaban J connectivity index is 1.51. The Morgan fingerprint density at radius 2 is 1.92 bits per heavy atom. The summed E-state index contributed by atoms with van der Waals surface area (Å²) in [7, 11) is 0. The first-order chi connectivity index (χ1) is 12.2. The fourth-order valence-corrected chi connectivity index (χ4v) is 3.33. The molecule has 2 aromatic carbocycles. The van der Waals surface area contributed by atoms with E-state index in [4.69, 9.17) is 0 Å². The minimum absolute atomic E-state index is 0.0638. The predicted octanol–water partition coefficient (Wildman–Crippen LogP) is 2.56. The lowest BCUT2D eigenvalue weighted by atomic mass is 10.1. The standard InChI is InChI=1S/C19H20N4O2/c24-18(20-16-10-9-14-6-3-4-7-15(14)12-16)13-23-19(25)22-11-5-1-2-8-17(22)21-23/h3-4,6-7,9-10,12H,1-2,5,8,11,13H2,(H,20,24). The molecule has 128 valence electrons. The number of anilines is 1. The van der Waals surface area contributed by atoms with Crippen LogP contribution >= 0.6 is 0 Å². The second-order valence-corrected chi connectivity index (χ2v) is 6.43. The number of amides is 1. The van der Waals surface area contributed by atoms with Crippen LogP contribution in [-0.2, 0) is 24.3 Å².